The molecule has 25 heavy (non-hydrogen) atoms. The third-order valence-electron chi connectivity index (χ3n) is 3.35. The first-order valence-corrected chi connectivity index (χ1v) is 8.59. The molecule has 2 N–H and O–H groups in total. The number of ketones is 1. The summed E-state index contributed by atoms with van der Waals surface area (Å²) in [5.41, 5.74) is 3.56. The van der Waals surface area contributed by atoms with E-state index in [1.54, 1.807) is 24.3 Å². The molecule has 0 aliphatic heterocycles. The molecular formula is C18H18Cl2FN3O. The second-order valence-corrected chi connectivity index (χ2v) is 6.23. The zero-order valence-electron chi connectivity index (χ0n) is 13.7. The number of benzene rings is 2. The largest absolute Gasteiger partial charge is 0.333 e. The number of rotatable bonds is 7. The molecule has 0 heterocycles. The van der Waals surface area contributed by atoms with Crippen molar-refractivity contribution in [3.63, 3.8) is 0 Å². The summed E-state index contributed by atoms with van der Waals surface area (Å²) in [7, 11) is 0. The van der Waals surface area contributed by atoms with Crippen molar-refractivity contribution >= 4 is 46.2 Å². The highest BCUT2D eigenvalue weighted by Crippen LogP contribution is 2.19. The summed E-state index contributed by atoms with van der Waals surface area (Å²) in [5.74, 6) is -0.739. The minimum absolute atomic E-state index is 0.0321. The summed E-state index contributed by atoms with van der Waals surface area (Å²) in [6.45, 7) is 1.99. The van der Waals surface area contributed by atoms with Gasteiger partial charge in [-0.2, -0.15) is 5.10 Å². The van der Waals surface area contributed by atoms with Crippen LogP contribution in [0.4, 0.5) is 15.8 Å². The number of hydrazone groups is 1. The van der Waals surface area contributed by atoms with Gasteiger partial charge in [0, 0.05) is 16.5 Å². The molecule has 0 unspecified atom stereocenters. The van der Waals surface area contributed by atoms with E-state index in [0.717, 1.165) is 12.8 Å². The summed E-state index contributed by atoms with van der Waals surface area (Å²) >= 11 is 11.6. The summed E-state index contributed by atoms with van der Waals surface area (Å²) in [4.78, 5) is 12.4. The fourth-order valence-corrected chi connectivity index (χ4v) is 2.26. The normalized spacial score (nSPS) is 11.3. The molecule has 4 nitrogen and oxygen atoms in total. The lowest BCUT2D eigenvalue weighted by Gasteiger charge is -2.11. The molecule has 0 radical (unpaired) electrons. The number of halogens is 3. The van der Waals surface area contributed by atoms with Crippen molar-refractivity contribution in [3.8, 4) is 0 Å². The van der Waals surface area contributed by atoms with Gasteiger partial charge in [0.1, 0.15) is 5.82 Å². The van der Waals surface area contributed by atoms with Crippen LogP contribution in [-0.2, 0) is 4.79 Å². The van der Waals surface area contributed by atoms with Crippen LogP contribution in [0.2, 0.25) is 10.0 Å². The van der Waals surface area contributed by atoms with E-state index in [4.69, 9.17) is 23.2 Å². The van der Waals surface area contributed by atoms with Gasteiger partial charge in [0.05, 0.1) is 11.4 Å². The van der Waals surface area contributed by atoms with E-state index in [-0.39, 0.29) is 22.3 Å². The van der Waals surface area contributed by atoms with Gasteiger partial charge in [-0.25, -0.2) is 4.39 Å². The monoisotopic (exact) mass is 381 g/mol. The molecule has 0 aromatic heterocycles. The number of hydrogen-bond donors (Lipinski definition) is 2. The molecule has 0 bridgehead atoms. The van der Waals surface area contributed by atoms with Crippen molar-refractivity contribution in [2.24, 2.45) is 5.10 Å². The number of nitrogens with one attached hydrogen (secondary N) is 2. The van der Waals surface area contributed by atoms with Gasteiger partial charge in [-0.3, -0.25) is 10.2 Å². The van der Waals surface area contributed by atoms with Crippen LogP contribution >= 0.6 is 23.2 Å². The molecule has 0 atom stereocenters. The highest BCUT2D eigenvalue weighted by Gasteiger charge is 2.14. The average molecular weight is 382 g/mol. The van der Waals surface area contributed by atoms with Crippen LogP contribution in [0.3, 0.4) is 0 Å². The van der Waals surface area contributed by atoms with Crippen LogP contribution in [0.25, 0.3) is 0 Å². The second kappa shape index (κ2) is 9.39. The smallest absolute Gasteiger partial charge is 0.199 e. The number of anilines is 2. The lowest BCUT2D eigenvalue weighted by molar-refractivity contribution is -0.113. The Morgan fingerprint density at radius 1 is 1.12 bits per heavy atom. The Balaban J connectivity index is 2.20. The van der Waals surface area contributed by atoms with E-state index in [1.165, 1.54) is 18.2 Å². The molecule has 0 amide bonds. The van der Waals surface area contributed by atoms with Gasteiger partial charge in [-0.1, -0.05) is 36.5 Å². The molecule has 132 valence electrons. The third-order valence-corrected chi connectivity index (χ3v) is 3.83. The van der Waals surface area contributed by atoms with Crippen LogP contribution in [0.5, 0.6) is 0 Å². The van der Waals surface area contributed by atoms with E-state index >= 15 is 0 Å². The predicted octanol–water partition coefficient (Wildman–Crippen LogP) is 5.73. The number of unbranched alkanes of at least 4 members (excludes halogenated alkanes) is 1. The first-order valence-electron chi connectivity index (χ1n) is 7.84. The van der Waals surface area contributed by atoms with Crippen LogP contribution in [0, 0.1) is 5.82 Å². The molecule has 0 fully saturated rings. The van der Waals surface area contributed by atoms with E-state index in [0.29, 0.717) is 17.1 Å². The van der Waals surface area contributed by atoms with Gasteiger partial charge in [0.15, 0.2) is 11.6 Å². The summed E-state index contributed by atoms with van der Waals surface area (Å²) in [5, 5.41) is 7.71. The molecule has 7 heteroatoms. The standard InChI is InChI=1S/C18H18Cl2FN3O/c1-2-3-4-17(25)18(22-16-10-7-13(20)11-15(16)21)24-23-14-8-5-12(19)6-9-14/h5-11,23H,2-4H2,1H3,(H,22,24). The van der Waals surface area contributed by atoms with Gasteiger partial charge in [0.25, 0.3) is 0 Å². The van der Waals surface area contributed by atoms with E-state index < -0.39 is 5.82 Å². The number of carbonyl (C=O) groups excluding carboxylic acids is 1. The first kappa shape index (κ1) is 19.2. The first-order chi connectivity index (χ1) is 12.0. The Bertz CT molecular complexity index is 763. The Labute approximate surface area is 156 Å². The van der Waals surface area contributed by atoms with Gasteiger partial charge in [-0.15, -0.1) is 0 Å². The summed E-state index contributed by atoms with van der Waals surface area (Å²) in [6.07, 6.45) is 1.92. The average Bonchev–Trinajstić information content (AvgIpc) is 2.59. The van der Waals surface area contributed by atoms with Gasteiger partial charge >= 0.3 is 0 Å². The molecule has 2 aromatic rings. The van der Waals surface area contributed by atoms with Gasteiger partial charge in [0.2, 0.25) is 0 Å². The van der Waals surface area contributed by atoms with Gasteiger partial charge < -0.3 is 5.32 Å². The maximum atomic E-state index is 14.0. The molecule has 0 saturated heterocycles. The molecular weight excluding hydrogens is 364 g/mol. The fraction of sp³-hybridized carbons (Fsp3) is 0.222. The van der Waals surface area contributed by atoms with Crippen LogP contribution in [-0.4, -0.2) is 11.6 Å². The predicted molar refractivity (Wildman–Crippen MR) is 102 cm³/mol. The number of amidine groups is 1. The minimum Gasteiger partial charge on any atom is -0.333 e. The van der Waals surface area contributed by atoms with Crippen molar-refractivity contribution in [2.75, 3.05) is 10.7 Å². The Morgan fingerprint density at radius 2 is 1.80 bits per heavy atom. The van der Waals surface area contributed by atoms with Gasteiger partial charge in [-0.05, 0) is 48.9 Å². The van der Waals surface area contributed by atoms with Crippen LogP contribution < -0.4 is 10.7 Å². The lowest BCUT2D eigenvalue weighted by atomic mass is 10.1. The maximum Gasteiger partial charge on any atom is 0.199 e. The molecule has 2 aromatic carbocycles. The number of nitrogens with zero attached hydrogens (tertiary/aromatic N) is 1. The molecule has 0 aliphatic rings. The zero-order chi connectivity index (χ0) is 18.2. The van der Waals surface area contributed by atoms with Crippen molar-refractivity contribution < 1.29 is 9.18 Å². The highest BCUT2D eigenvalue weighted by molar-refractivity contribution is 6.43. The topological polar surface area (TPSA) is 53.5 Å². The SMILES string of the molecule is CCCCC(=O)/C(=N\Nc1ccc(Cl)cc1)Nc1ccc(Cl)cc1F. The Kier molecular flexibility index (Phi) is 7.22. The summed E-state index contributed by atoms with van der Waals surface area (Å²) in [6, 6.07) is 11.0. The second-order valence-electron chi connectivity index (χ2n) is 5.36. The minimum atomic E-state index is -0.560. The molecule has 0 aliphatic carbocycles. The number of Topliss-reactive ketones (excluding diaryl/α,β-unsaturated/α-hetero) is 1. The van der Waals surface area contributed by atoms with E-state index in [9.17, 15) is 9.18 Å². The lowest BCUT2D eigenvalue weighted by Crippen LogP contribution is -2.25. The van der Waals surface area contributed by atoms with Crippen molar-refractivity contribution in [1.82, 2.24) is 0 Å². The fourth-order valence-electron chi connectivity index (χ4n) is 1.98. The maximum absolute atomic E-state index is 14.0. The molecule has 2 rings (SSSR count). The third kappa shape index (κ3) is 6.03. The van der Waals surface area contributed by atoms with E-state index in [2.05, 4.69) is 15.8 Å². The Hall–Kier alpha value is -2.11. The van der Waals surface area contributed by atoms with Crippen molar-refractivity contribution in [2.45, 2.75) is 26.2 Å². The van der Waals surface area contributed by atoms with Crippen molar-refractivity contribution in [3.05, 3.63) is 58.3 Å². The molecule has 0 spiro atoms. The quantitative estimate of drug-likeness (QED) is 0.365. The molecule has 0 saturated carbocycles. The summed E-state index contributed by atoms with van der Waals surface area (Å²) < 4.78 is 14.0. The highest BCUT2D eigenvalue weighted by atomic mass is 35.5. The number of hydrogen-bond acceptors (Lipinski definition) is 3. The van der Waals surface area contributed by atoms with Crippen LogP contribution in [0.15, 0.2) is 47.6 Å². The van der Waals surface area contributed by atoms with Crippen LogP contribution in [0.1, 0.15) is 26.2 Å². The van der Waals surface area contributed by atoms with Crippen molar-refractivity contribution in [1.29, 1.82) is 0 Å². The Morgan fingerprint density at radius 3 is 2.44 bits per heavy atom. The number of carbonyl (C=O) groups is 1. The zero-order valence-corrected chi connectivity index (χ0v) is 15.2. The van der Waals surface area contributed by atoms with E-state index in [1.807, 2.05) is 6.92 Å².